The fourth-order valence-corrected chi connectivity index (χ4v) is 2.44. The minimum atomic E-state index is 0.289. The van der Waals surface area contributed by atoms with Crippen LogP contribution in [0, 0.1) is 0 Å². The van der Waals surface area contributed by atoms with E-state index in [0.29, 0.717) is 0 Å². The fourth-order valence-electron chi connectivity index (χ4n) is 2.44. The summed E-state index contributed by atoms with van der Waals surface area (Å²) in [5.41, 5.74) is 4.24. The molecular weight excluding hydrogens is 198 g/mol. The van der Waals surface area contributed by atoms with Crippen molar-refractivity contribution in [3.8, 4) is 0 Å². The highest BCUT2D eigenvalue weighted by molar-refractivity contribution is 5.55. The molecule has 0 atom stereocenters. The predicted octanol–water partition coefficient (Wildman–Crippen LogP) is 2.38. The Bertz CT molecular complexity index is 349. The Morgan fingerprint density at radius 3 is 3.00 bits per heavy atom. The van der Waals surface area contributed by atoms with Gasteiger partial charge in [0.05, 0.1) is 0 Å². The predicted molar refractivity (Wildman–Crippen MR) is 68.1 cm³/mol. The van der Waals surface area contributed by atoms with Crippen LogP contribution in [0.15, 0.2) is 18.2 Å². The van der Waals surface area contributed by atoms with Gasteiger partial charge in [-0.1, -0.05) is 12.1 Å². The second kappa shape index (κ2) is 5.35. The summed E-state index contributed by atoms with van der Waals surface area (Å²) in [5, 5.41) is 8.84. The Hall–Kier alpha value is -1.02. The van der Waals surface area contributed by atoms with Crippen molar-refractivity contribution in [3.05, 3.63) is 29.3 Å². The topological polar surface area (TPSA) is 23.5 Å². The maximum atomic E-state index is 8.84. The van der Waals surface area contributed by atoms with Gasteiger partial charge in [-0.05, 0) is 49.3 Å². The van der Waals surface area contributed by atoms with Crippen LogP contribution in [-0.2, 0) is 12.8 Å². The number of hydrogen-bond acceptors (Lipinski definition) is 2. The fraction of sp³-hybridized carbons (Fsp3) is 0.571. The van der Waals surface area contributed by atoms with E-state index in [4.69, 9.17) is 5.11 Å². The van der Waals surface area contributed by atoms with E-state index in [1.807, 2.05) is 0 Å². The van der Waals surface area contributed by atoms with Gasteiger partial charge in [-0.2, -0.15) is 0 Å². The molecule has 0 saturated heterocycles. The molecule has 1 aromatic rings. The van der Waals surface area contributed by atoms with Gasteiger partial charge in [-0.25, -0.2) is 0 Å². The van der Waals surface area contributed by atoms with Gasteiger partial charge in [0.25, 0.3) is 0 Å². The number of nitrogens with zero attached hydrogens (tertiary/aromatic N) is 1. The molecule has 2 heteroatoms. The summed E-state index contributed by atoms with van der Waals surface area (Å²) in [6, 6.07) is 6.77. The minimum Gasteiger partial charge on any atom is -0.396 e. The van der Waals surface area contributed by atoms with Crippen molar-refractivity contribution in [2.45, 2.75) is 32.1 Å². The van der Waals surface area contributed by atoms with Crippen molar-refractivity contribution >= 4 is 5.69 Å². The van der Waals surface area contributed by atoms with Gasteiger partial charge >= 0.3 is 0 Å². The molecule has 16 heavy (non-hydrogen) atoms. The SMILES string of the molecule is CN1CCCCc2cc(CCCO)ccc21. The van der Waals surface area contributed by atoms with Gasteiger partial charge in [0.1, 0.15) is 0 Å². The molecule has 88 valence electrons. The molecule has 1 N–H and O–H groups in total. The van der Waals surface area contributed by atoms with Crippen LogP contribution in [0.2, 0.25) is 0 Å². The molecule has 1 heterocycles. The molecule has 0 aromatic heterocycles. The van der Waals surface area contributed by atoms with E-state index in [9.17, 15) is 0 Å². The number of anilines is 1. The largest absolute Gasteiger partial charge is 0.396 e. The Balaban J connectivity index is 2.19. The maximum absolute atomic E-state index is 8.84. The molecule has 2 rings (SSSR count). The lowest BCUT2D eigenvalue weighted by molar-refractivity contribution is 0.288. The lowest BCUT2D eigenvalue weighted by atomic mass is 10.0. The van der Waals surface area contributed by atoms with Crippen LogP contribution in [0.25, 0.3) is 0 Å². The van der Waals surface area contributed by atoms with E-state index in [1.165, 1.54) is 42.6 Å². The molecule has 2 nitrogen and oxygen atoms in total. The maximum Gasteiger partial charge on any atom is 0.0434 e. The van der Waals surface area contributed by atoms with Crippen LogP contribution < -0.4 is 4.90 Å². The first kappa shape index (κ1) is 11.5. The zero-order chi connectivity index (χ0) is 11.4. The third-order valence-corrected chi connectivity index (χ3v) is 3.37. The zero-order valence-corrected chi connectivity index (χ0v) is 10.1. The van der Waals surface area contributed by atoms with Crippen molar-refractivity contribution in [1.29, 1.82) is 0 Å². The van der Waals surface area contributed by atoms with Gasteiger partial charge < -0.3 is 10.0 Å². The Kier molecular flexibility index (Phi) is 3.83. The van der Waals surface area contributed by atoms with Crippen LogP contribution in [0.5, 0.6) is 0 Å². The van der Waals surface area contributed by atoms with Crippen molar-refractivity contribution in [1.82, 2.24) is 0 Å². The molecular formula is C14H21NO. The number of aliphatic hydroxyl groups excluding tert-OH is 1. The molecule has 0 unspecified atom stereocenters. The van der Waals surface area contributed by atoms with Gasteiger partial charge in [0.15, 0.2) is 0 Å². The minimum absolute atomic E-state index is 0.289. The normalized spacial score (nSPS) is 15.8. The number of fused-ring (bicyclic) bond motifs is 1. The molecule has 1 aromatic carbocycles. The first-order chi connectivity index (χ1) is 7.81. The Morgan fingerprint density at radius 1 is 1.31 bits per heavy atom. The van der Waals surface area contributed by atoms with Gasteiger partial charge in [0, 0.05) is 25.9 Å². The molecule has 0 fully saturated rings. The number of benzene rings is 1. The number of aryl methyl sites for hydroxylation is 2. The zero-order valence-electron chi connectivity index (χ0n) is 10.1. The second-order valence-corrected chi connectivity index (χ2v) is 4.67. The second-order valence-electron chi connectivity index (χ2n) is 4.67. The summed E-state index contributed by atoms with van der Waals surface area (Å²) in [4.78, 5) is 2.36. The van der Waals surface area contributed by atoms with Gasteiger partial charge in [-0.15, -0.1) is 0 Å². The standard InChI is InChI=1S/C14H21NO/c1-15-9-3-2-6-13-11-12(5-4-10-16)7-8-14(13)15/h7-8,11,16H,2-6,9-10H2,1H3. The van der Waals surface area contributed by atoms with Gasteiger partial charge in [-0.3, -0.25) is 0 Å². The van der Waals surface area contributed by atoms with E-state index < -0.39 is 0 Å². The van der Waals surface area contributed by atoms with Gasteiger partial charge in [0.2, 0.25) is 0 Å². The van der Waals surface area contributed by atoms with Crippen LogP contribution in [0.1, 0.15) is 30.4 Å². The molecule has 0 amide bonds. The van der Waals surface area contributed by atoms with Crippen molar-refractivity contribution in [3.63, 3.8) is 0 Å². The summed E-state index contributed by atoms with van der Waals surface area (Å²) in [6.07, 6.45) is 5.65. The molecule has 0 saturated carbocycles. The molecule has 0 bridgehead atoms. The third kappa shape index (κ3) is 2.56. The first-order valence-corrected chi connectivity index (χ1v) is 6.25. The monoisotopic (exact) mass is 219 g/mol. The Labute approximate surface area is 97.9 Å². The van der Waals surface area contributed by atoms with Crippen LogP contribution in [0.3, 0.4) is 0 Å². The number of aliphatic hydroxyl groups is 1. The summed E-state index contributed by atoms with van der Waals surface area (Å²) in [5.74, 6) is 0. The Morgan fingerprint density at radius 2 is 2.19 bits per heavy atom. The lowest BCUT2D eigenvalue weighted by Crippen LogP contribution is -2.17. The highest BCUT2D eigenvalue weighted by Crippen LogP contribution is 2.26. The molecule has 1 aliphatic heterocycles. The summed E-state index contributed by atoms with van der Waals surface area (Å²) in [7, 11) is 2.18. The van der Waals surface area contributed by atoms with Crippen LogP contribution in [-0.4, -0.2) is 25.3 Å². The van der Waals surface area contributed by atoms with E-state index in [1.54, 1.807) is 0 Å². The summed E-state index contributed by atoms with van der Waals surface area (Å²) < 4.78 is 0. The number of rotatable bonds is 3. The number of hydrogen-bond donors (Lipinski definition) is 1. The van der Waals surface area contributed by atoms with E-state index >= 15 is 0 Å². The molecule has 0 radical (unpaired) electrons. The highest BCUT2D eigenvalue weighted by Gasteiger charge is 2.11. The quantitative estimate of drug-likeness (QED) is 0.843. The first-order valence-electron chi connectivity index (χ1n) is 6.25. The summed E-state index contributed by atoms with van der Waals surface area (Å²) in [6.45, 7) is 1.46. The van der Waals surface area contributed by atoms with E-state index in [2.05, 4.69) is 30.1 Å². The summed E-state index contributed by atoms with van der Waals surface area (Å²) >= 11 is 0. The van der Waals surface area contributed by atoms with E-state index in [0.717, 1.165) is 12.8 Å². The van der Waals surface area contributed by atoms with Crippen molar-refractivity contribution in [2.24, 2.45) is 0 Å². The van der Waals surface area contributed by atoms with Crippen LogP contribution >= 0.6 is 0 Å². The average Bonchev–Trinajstić information content (AvgIpc) is 2.49. The smallest absolute Gasteiger partial charge is 0.0434 e. The highest BCUT2D eigenvalue weighted by atomic mass is 16.2. The van der Waals surface area contributed by atoms with E-state index in [-0.39, 0.29) is 6.61 Å². The van der Waals surface area contributed by atoms with Crippen LogP contribution in [0.4, 0.5) is 5.69 Å². The lowest BCUT2D eigenvalue weighted by Gasteiger charge is -2.19. The average molecular weight is 219 g/mol. The molecule has 0 spiro atoms. The molecule has 0 aliphatic carbocycles. The molecule has 1 aliphatic rings. The third-order valence-electron chi connectivity index (χ3n) is 3.37. The van der Waals surface area contributed by atoms with Crippen molar-refractivity contribution in [2.75, 3.05) is 25.1 Å². The van der Waals surface area contributed by atoms with Crippen molar-refractivity contribution < 1.29 is 5.11 Å².